The molecule has 2 aromatic heterocycles. The second-order valence-corrected chi connectivity index (χ2v) is 5.79. The molecule has 23 heavy (non-hydrogen) atoms. The highest BCUT2D eigenvalue weighted by molar-refractivity contribution is 6.33. The third kappa shape index (κ3) is 2.30. The van der Waals surface area contributed by atoms with Gasteiger partial charge in [0.2, 0.25) is 0 Å². The van der Waals surface area contributed by atoms with E-state index in [1.54, 1.807) is 6.20 Å². The number of rotatable bonds is 2. The molecule has 112 valence electrons. The van der Waals surface area contributed by atoms with Gasteiger partial charge in [-0.05, 0) is 30.7 Å². The number of pyridine rings is 1. The molecule has 0 saturated carbocycles. The molecule has 0 aliphatic heterocycles. The van der Waals surface area contributed by atoms with Crippen LogP contribution < -0.4 is 0 Å². The summed E-state index contributed by atoms with van der Waals surface area (Å²) in [6, 6.07) is 15.7. The van der Waals surface area contributed by atoms with E-state index in [4.69, 9.17) is 16.1 Å². The molecule has 2 aromatic carbocycles. The number of nitrogens with zero attached hydrogens (tertiary/aromatic N) is 2. The third-order valence-electron chi connectivity index (χ3n) is 3.96. The Kier molecular flexibility index (Phi) is 3.36. The van der Waals surface area contributed by atoms with E-state index in [1.807, 2.05) is 54.7 Å². The van der Waals surface area contributed by atoms with Crippen molar-refractivity contribution < 1.29 is 4.52 Å². The van der Waals surface area contributed by atoms with Crippen molar-refractivity contribution in [1.29, 1.82) is 0 Å². The molecular formula is C19H13ClN2O. The van der Waals surface area contributed by atoms with Gasteiger partial charge in [-0.15, -0.1) is 0 Å². The van der Waals surface area contributed by atoms with Crippen molar-refractivity contribution >= 4 is 22.6 Å². The zero-order chi connectivity index (χ0) is 15.8. The fourth-order valence-corrected chi connectivity index (χ4v) is 2.99. The van der Waals surface area contributed by atoms with Gasteiger partial charge in [0.15, 0.2) is 5.58 Å². The summed E-state index contributed by atoms with van der Waals surface area (Å²) >= 11 is 6.31. The van der Waals surface area contributed by atoms with Gasteiger partial charge < -0.3 is 4.52 Å². The van der Waals surface area contributed by atoms with Gasteiger partial charge >= 0.3 is 0 Å². The van der Waals surface area contributed by atoms with Gasteiger partial charge in [-0.2, -0.15) is 0 Å². The highest BCUT2D eigenvalue weighted by Gasteiger charge is 2.16. The van der Waals surface area contributed by atoms with Crippen LogP contribution in [0.4, 0.5) is 0 Å². The Morgan fingerprint density at radius 2 is 1.74 bits per heavy atom. The molecule has 0 aliphatic carbocycles. The van der Waals surface area contributed by atoms with Crippen molar-refractivity contribution in [2.45, 2.75) is 6.92 Å². The molecule has 4 rings (SSSR count). The average molecular weight is 321 g/mol. The van der Waals surface area contributed by atoms with Crippen LogP contribution in [-0.4, -0.2) is 10.1 Å². The van der Waals surface area contributed by atoms with Crippen LogP contribution in [0, 0.1) is 6.92 Å². The zero-order valence-corrected chi connectivity index (χ0v) is 13.2. The quantitative estimate of drug-likeness (QED) is 0.488. The molecule has 0 fully saturated rings. The van der Waals surface area contributed by atoms with Crippen molar-refractivity contribution in [3.8, 4) is 22.4 Å². The summed E-state index contributed by atoms with van der Waals surface area (Å²) < 4.78 is 5.66. The third-order valence-corrected chi connectivity index (χ3v) is 4.29. The highest BCUT2D eigenvalue weighted by atomic mass is 35.5. The second kappa shape index (κ2) is 5.52. The molecule has 0 unspecified atom stereocenters. The number of hydrogen-bond donors (Lipinski definition) is 0. The molecule has 4 aromatic rings. The van der Waals surface area contributed by atoms with Crippen molar-refractivity contribution in [2.75, 3.05) is 0 Å². The first kappa shape index (κ1) is 14.0. The lowest BCUT2D eigenvalue weighted by molar-refractivity contribution is 0.460. The smallest absolute Gasteiger partial charge is 0.175 e. The average Bonchev–Trinajstić information content (AvgIpc) is 3.00. The lowest BCUT2D eigenvalue weighted by Gasteiger charge is -2.05. The summed E-state index contributed by atoms with van der Waals surface area (Å²) in [5, 5.41) is 5.86. The zero-order valence-electron chi connectivity index (χ0n) is 12.5. The van der Waals surface area contributed by atoms with E-state index in [0.29, 0.717) is 5.02 Å². The fourth-order valence-electron chi connectivity index (χ4n) is 2.77. The Hall–Kier alpha value is -2.65. The first-order valence-electron chi connectivity index (χ1n) is 7.30. The monoisotopic (exact) mass is 320 g/mol. The summed E-state index contributed by atoms with van der Waals surface area (Å²) in [6.45, 7) is 2.06. The first-order valence-corrected chi connectivity index (χ1v) is 7.68. The predicted octanol–water partition coefficient (Wildman–Crippen LogP) is 5.52. The topological polar surface area (TPSA) is 38.9 Å². The van der Waals surface area contributed by atoms with E-state index in [0.717, 1.165) is 38.9 Å². The van der Waals surface area contributed by atoms with Gasteiger partial charge in [-0.25, -0.2) is 0 Å². The Balaban J connectivity index is 1.98. The molecule has 3 nitrogen and oxygen atoms in total. The highest BCUT2D eigenvalue weighted by Crippen LogP contribution is 2.37. The van der Waals surface area contributed by atoms with E-state index in [2.05, 4.69) is 17.1 Å². The summed E-state index contributed by atoms with van der Waals surface area (Å²) in [6.07, 6.45) is 3.64. The molecule has 0 radical (unpaired) electrons. The van der Waals surface area contributed by atoms with Crippen molar-refractivity contribution in [3.63, 3.8) is 0 Å². The number of para-hydroxylation sites is 1. The molecule has 0 aliphatic rings. The predicted molar refractivity (Wildman–Crippen MR) is 92.4 cm³/mol. The normalized spacial score (nSPS) is 11.0. The molecule has 0 spiro atoms. The number of aryl methyl sites for hydroxylation is 1. The van der Waals surface area contributed by atoms with Crippen molar-refractivity contribution in [3.05, 3.63) is 71.5 Å². The van der Waals surface area contributed by atoms with Crippen LogP contribution in [0.5, 0.6) is 0 Å². The molecule has 4 heteroatoms. The Morgan fingerprint density at radius 1 is 0.913 bits per heavy atom. The molecule has 0 N–H and O–H groups in total. The Morgan fingerprint density at radius 3 is 2.57 bits per heavy atom. The van der Waals surface area contributed by atoms with Gasteiger partial charge in [0.05, 0.1) is 10.4 Å². The molecule has 0 bridgehead atoms. The van der Waals surface area contributed by atoms with E-state index >= 15 is 0 Å². The van der Waals surface area contributed by atoms with Crippen LogP contribution in [-0.2, 0) is 0 Å². The van der Waals surface area contributed by atoms with Gasteiger partial charge in [-0.1, -0.05) is 47.1 Å². The standard InChI is InChI=1S/C19H13ClN2O/c1-12-9-10-21-11-16(12)13-6-4-7-15-18(22-23-19(13)15)14-5-2-3-8-17(14)20/h2-11H,1H3. The van der Waals surface area contributed by atoms with Gasteiger partial charge in [0.1, 0.15) is 5.69 Å². The Labute approximate surface area is 138 Å². The summed E-state index contributed by atoms with van der Waals surface area (Å²) in [4.78, 5) is 4.22. The summed E-state index contributed by atoms with van der Waals surface area (Å²) in [5.74, 6) is 0. The Bertz CT molecular complexity index is 1010. The first-order chi connectivity index (χ1) is 11.3. The van der Waals surface area contributed by atoms with Crippen molar-refractivity contribution in [2.24, 2.45) is 0 Å². The van der Waals surface area contributed by atoms with Gasteiger partial charge in [0, 0.05) is 29.1 Å². The number of benzene rings is 2. The molecule has 0 saturated heterocycles. The SMILES string of the molecule is Cc1ccncc1-c1cccc2c(-c3ccccc3Cl)noc12. The fraction of sp³-hybridized carbons (Fsp3) is 0.0526. The molecular weight excluding hydrogens is 308 g/mol. The van der Waals surface area contributed by atoms with Crippen LogP contribution in [0.15, 0.2) is 65.4 Å². The maximum atomic E-state index is 6.31. The lowest BCUT2D eigenvalue weighted by Crippen LogP contribution is -1.85. The van der Waals surface area contributed by atoms with Crippen LogP contribution in [0.1, 0.15) is 5.56 Å². The van der Waals surface area contributed by atoms with Crippen LogP contribution in [0.2, 0.25) is 5.02 Å². The minimum Gasteiger partial charge on any atom is -0.355 e. The molecule has 0 amide bonds. The number of halogens is 1. The second-order valence-electron chi connectivity index (χ2n) is 5.38. The van der Waals surface area contributed by atoms with Crippen LogP contribution in [0.3, 0.4) is 0 Å². The largest absolute Gasteiger partial charge is 0.355 e. The van der Waals surface area contributed by atoms with Crippen molar-refractivity contribution in [1.82, 2.24) is 10.1 Å². The van der Waals surface area contributed by atoms with E-state index < -0.39 is 0 Å². The molecule has 2 heterocycles. The van der Waals surface area contributed by atoms with Gasteiger partial charge in [0.25, 0.3) is 0 Å². The number of fused-ring (bicyclic) bond motifs is 1. The maximum absolute atomic E-state index is 6.31. The minimum atomic E-state index is 0.658. The summed E-state index contributed by atoms with van der Waals surface area (Å²) in [7, 11) is 0. The minimum absolute atomic E-state index is 0.658. The summed E-state index contributed by atoms with van der Waals surface area (Å²) in [5.41, 5.74) is 5.54. The van der Waals surface area contributed by atoms with E-state index in [1.165, 1.54) is 0 Å². The maximum Gasteiger partial charge on any atom is 0.175 e. The molecule has 0 atom stereocenters. The number of hydrogen-bond acceptors (Lipinski definition) is 3. The number of aromatic nitrogens is 2. The lowest BCUT2D eigenvalue weighted by atomic mass is 9.99. The van der Waals surface area contributed by atoms with Crippen LogP contribution >= 0.6 is 11.6 Å². The van der Waals surface area contributed by atoms with E-state index in [-0.39, 0.29) is 0 Å². The van der Waals surface area contributed by atoms with Gasteiger partial charge in [-0.3, -0.25) is 4.98 Å². The van der Waals surface area contributed by atoms with Crippen LogP contribution in [0.25, 0.3) is 33.4 Å². The van der Waals surface area contributed by atoms with E-state index in [9.17, 15) is 0 Å².